The van der Waals surface area contributed by atoms with E-state index in [-0.39, 0.29) is 0 Å². The molecule has 0 bridgehead atoms. The highest BCUT2D eigenvalue weighted by atomic mass is 32.2. The Labute approximate surface area is 76.6 Å². The van der Waals surface area contributed by atoms with Gasteiger partial charge in [-0.2, -0.15) is 0 Å². The summed E-state index contributed by atoms with van der Waals surface area (Å²) in [6.45, 7) is 3.37. The Morgan fingerprint density at radius 3 is 2.64 bits per heavy atom. The predicted molar refractivity (Wildman–Crippen MR) is 52.3 cm³/mol. The molecule has 0 unspecified atom stereocenters. The Hall–Kier alpha value is 0.660. The minimum Gasteiger partial charge on any atom is -0.373 e. The molecule has 0 spiro atoms. The zero-order chi connectivity index (χ0) is 7.73. The molecule has 0 amide bonds. The zero-order valence-electron chi connectivity index (χ0n) is 6.84. The predicted octanol–water partition coefficient (Wildman–Crippen LogP) is 2.36. The van der Waals surface area contributed by atoms with E-state index >= 15 is 0 Å². The van der Waals surface area contributed by atoms with E-state index in [0.29, 0.717) is 10.2 Å². The van der Waals surface area contributed by atoms with Crippen molar-refractivity contribution in [2.24, 2.45) is 0 Å². The topological polar surface area (TPSA) is 12.5 Å². The van der Waals surface area contributed by atoms with Crippen molar-refractivity contribution >= 4 is 23.5 Å². The fourth-order valence-corrected chi connectivity index (χ4v) is 4.46. The summed E-state index contributed by atoms with van der Waals surface area (Å²) >= 11 is 4.23. The van der Waals surface area contributed by atoms with E-state index in [9.17, 15) is 0 Å². The fourth-order valence-electron chi connectivity index (χ4n) is 1.39. The maximum Gasteiger partial charge on any atom is 0.0831 e. The highest BCUT2D eigenvalue weighted by molar-refractivity contribution is 8.18. The molecule has 2 saturated heterocycles. The monoisotopic (exact) mass is 190 g/mol. The highest BCUT2D eigenvalue weighted by Gasteiger charge is 2.36. The quantitative estimate of drug-likeness (QED) is 0.620. The summed E-state index contributed by atoms with van der Waals surface area (Å²) in [5.41, 5.74) is 0. The summed E-state index contributed by atoms with van der Waals surface area (Å²) < 4.78 is 5.72. The first-order valence-electron chi connectivity index (χ1n) is 4.18. The molecular weight excluding hydrogens is 176 g/mol. The van der Waals surface area contributed by atoms with E-state index in [0.717, 1.165) is 6.61 Å². The van der Waals surface area contributed by atoms with E-state index in [4.69, 9.17) is 4.74 Å². The van der Waals surface area contributed by atoms with Gasteiger partial charge in [-0.05, 0) is 31.3 Å². The third-order valence-electron chi connectivity index (χ3n) is 2.10. The van der Waals surface area contributed by atoms with Crippen LogP contribution in [0.4, 0.5) is 0 Å². The van der Waals surface area contributed by atoms with Gasteiger partial charge in [-0.3, -0.25) is 0 Å². The number of ether oxygens (including phenoxy) is 1. The van der Waals surface area contributed by atoms with Gasteiger partial charge in [0.05, 0.1) is 16.8 Å². The van der Waals surface area contributed by atoms with Gasteiger partial charge in [-0.25, -0.2) is 0 Å². The first-order chi connectivity index (χ1) is 5.29. The molecule has 3 heteroatoms. The molecule has 0 aromatic heterocycles. The van der Waals surface area contributed by atoms with Crippen molar-refractivity contribution in [3.63, 3.8) is 0 Å². The lowest BCUT2D eigenvalue weighted by atomic mass is 10.2. The van der Waals surface area contributed by atoms with E-state index < -0.39 is 0 Å². The van der Waals surface area contributed by atoms with Gasteiger partial charge in [0.2, 0.25) is 0 Å². The van der Waals surface area contributed by atoms with Gasteiger partial charge in [-0.1, -0.05) is 0 Å². The minimum absolute atomic E-state index is 0.472. The molecule has 2 rings (SSSR count). The molecule has 0 saturated carbocycles. The summed E-state index contributed by atoms with van der Waals surface area (Å²) in [6.07, 6.45) is 3.23. The first-order valence-corrected chi connectivity index (χ1v) is 6.15. The molecule has 0 aromatic carbocycles. The smallest absolute Gasteiger partial charge is 0.0831 e. The minimum atomic E-state index is 0.472. The van der Waals surface area contributed by atoms with E-state index in [2.05, 4.69) is 30.4 Å². The van der Waals surface area contributed by atoms with Crippen LogP contribution in [0.1, 0.15) is 19.8 Å². The van der Waals surface area contributed by atoms with Gasteiger partial charge in [-0.15, -0.1) is 23.5 Å². The molecular formula is C8H14OS2. The Bertz CT molecular complexity index is 139. The van der Waals surface area contributed by atoms with Crippen LogP contribution in [0.15, 0.2) is 0 Å². The Kier molecular flexibility index (Phi) is 2.40. The Morgan fingerprint density at radius 2 is 2.09 bits per heavy atom. The second-order valence-electron chi connectivity index (χ2n) is 3.34. The Balaban J connectivity index is 1.84. The molecule has 2 fully saturated rings. The summed E-state index contributed by atoms with van der Waals surface area (Å²) in [6, 6.07) is 0. The second-order valence-corrected chi connectivity index (χ2v) is 6.80. The van der Waals surface area contributed by atoms with Gasteiger partial charge >= 0.3 is 0 Å². The molecule has 2 aliphatic heterocycles. The summed E-state index contributed by atoms with van der Waals surface area (Å²) in [5, 5.41) is 0. The van der Waals surface area contributed by atoms with E-state index in [1.807, 2.05) is 0 Å². The van der Waals surface area contributed by atoms with Crippen LogP contribution in [-0.4, -0.2) is 28.3 Å². The zero-order valence-corrected chi connectivity index (χ0v) is 8.47. The van der Waals surface area contributed by atoms with Crippen molar-refractivity contribution in [3.8, 4) is 0 Å². The number of hydrogen-bond acceptors (Lipinski definition) is 3. The third-order valence-corrected chi connectivity index (χ3v) is 5.35. The molecule has 11 heavy (non-hydrogen) atoms. The summed E-state index contributed by atoms with van der Waals surface area (Å²) in [7, 11) is 0. The number of epoxide rings is 1. The fraction of sp³-hybridized carbons (Fsp3) is 1.00. The maximum atomic E-state index is 5.25. The lowest BCUT2D eigenvalue weighted by molar-refractivity contribution is 0.393. The van der Waals surface area contributed by atoms with Crippen molar-refractivity contribution in [2.75, 3.05) is 18.1 Å². The van der Waals surface area contributed by atoms with Crippen LogP contribution in [0.2, 0.25) is 0 Å². The van der Waals surface area contributed by atoms with Crippen LogP contribution in [0.3, 0.4) is 0 Å². The van der Waals surface area contributed by atoms with Crippen LogP contribution >= 0.6 is 23.5 Å². The van der Waals surface area contributed by atoms with Crippen molar-refractivity contribution in [2.45, 2.75) is 29.9 Å². The van der Waals surface area contributed by atoms with Crippen molar-refractivity contribution in [1.29, 1.82) is 0 Å². The molecule has 0 aliphatic carbocycles. The highest BCUT2D eigenvalue weighted by Crippen LogP contribution is 2.46. The Morgan fingerprint density at radius 1 is 1.45 bits per heavy atom. The normalized spacial score (nSPS) is 35.2. The molecule has 64 valence electrons. The van der Waals surface area contributed by atoms with Crippen molar-refractivity contribution in [1.82, 2.24) is 0 Å². The molecule has 0 radical (unpaired) electrons. The van der Waals surface area contributed by atoms with Crippen LogP contribution in [0.25, 0.3) is 0 Å². The molecule has 0 N–H and O–H groups in total. The second kappa shape index (κ2) is 3.19. The van der Waals surface area contributed by atoms with E-state index in [1.165, 1.54) is 24.3 Å². The standard InChI is InChI=1S/C8H14OS2/c1-8(5-7-6-9-7)10-3-2-4-11-8/h7H,2-6H2,1H3/t7-/m1/s1. The molecule has 0 aromatic rings. The lowest BCUT2D eigenvalue weighted by Crippen LogP contribution is -2.22. The molecule has 1 atom stereocenters. The molecule has 2 heterocycles. The number of thioether (sulfide) groups is 2. The van der Waals surface area contributed by atoms with Crippen molar-refractivity contribution in [3.05, 3.63) is 0 Å². The van der Waals surface area contributed by atoms with Gasteiger partial charge in [0.15, 0.2) is 0 Å². The number of hydrogen-bond donors (Lipinski definition) is 0. The van der Waals surface area contributed by atoms with Gasteiger partial charge in [0, 0.05) is 0 Å². The lowest BCUT2D eigenvalue weighted by Gasteiger charge is -2.31. The number of rotatable bonds is 2. The van der Waals surface area contributed by atoms with Gasteiger partial charge in [0.25, 0.3) is 0 Å². The molecule has 1 nitrogen and oxygen atoms in total. The van der Waals surface area contributed by atoms with Crippen LogP contribution in [0, 0.1) is 0 Å². The average Bonchev–Trinajstić information content (AvgIpc) is 2.72. The molecule has 2 aliphatic rings. The average molecular weight is 190 g/mol. The van der Waals surface area contributed by atoms with Gasteiger partial charge < -0.3 is 4.74 Å². The summed E-state index contributed by atoms with van der Waals surface area (Å²) in [5.74, 6) is 2.69. The van der Waals surface area contributed by atoms with Crippen LogP contribution in [-0.2, 0) is 4.74 Å². The van der Waals surface area contributed by atoms with Crippen LogP contribution < -0.4 is 0 Å². The maximum absolute atomic E-state index is 5.25. The first kappa shape index (κ1) is 8.27. The van der Waals surface area contributed by atoms with E-state index in [1.54, 1.807) is 0 Å². The largest absolute Gasteiger partial charge is 0.373 e. The summed E-state index contributed by atoms with van der Waals surface area (Å²) in [4.78, 5) is 0. The van der Waals surface area contributed by atoms with Crippen molar-refractivity contribution < 1.29 is 4.74 Å². The van der Waals surface area contributed by atoms with Crippen LogP contribution in [0.5, 0.6) is 0 Å². The third kappa shape index (κ3) is 2.30. The SMILES string of the molecule is CC1(C[C@@H]2CO2)SCCCS1. The van der Waals surface area contributed by atoms with Gasteiger partial charge in [0.1, 0.15) is 0 Å².